The highest BCUT2D eigenvalue weighted by Crippen LogP contribution is 2.38. The van der Waals surface area contributed by atoms with E-state index in [0.29, 0.717) is 0 Å². The summed E-state index contributed by atoms with van der Waals surface area (Å²) in [6.45, 7) is 0. The molecule has 0 amide bonds. The minimum Gasteiger partial charge on any atom is -0.344 e. The Balaban J connectivity index is 0.998. The number of fused-ring (bicyclic) bond motifs is 7. The number of aliphatic imine (C=N–C) groups is 2. The van der Waals surface area contributed by atoms with Gasteiger partial charge in [0.1, 0.15) is 12.0 Å². The molecule has 0 bridgehead atoms. The van der Waals surface area contributed by atoms with Gasteiger partial charge in [0.25, 0.3) is 0 Å². The van der Waals surface area contributed by atoms with E-state index < -0.39 is 0 Å². The maximum Gasteiger partial charge on any atom is 0.159 e. The van der Waals surface area contributed by atoms with Crippen LogP contribution >= 0.6 is 11.3 Å². The first-order valence-corrected chi connectivity index (χ1v) is 19.1. The number of nitrogens with zero attached hydrogens (tertiary/aromatic N) is 3. The smallest absolute Gasteiger partial charge is 0.159 e. The summed E-state index contributed by atoms with van der Waals surface area (Å²) >= 11 is 1.83. The van der Waals surface area contributed by atoms with Gasteiger partial charge in [-0.2, -0.15) is 0 Å². The Bertz CT molecular complexity index is 3150. The van der Waals surface area contributed by atoms with Crippen LogP contribution < -0.4 is 5.32 Å². The second-order valence-corrected chi connectivity index (χ2v) is 15.0. The van der Waals surface area contributed by atoms with E-state index >= 15 is 0 Å². The molecule has 10 aromatic rings. The molecule has 1 aliphatic heterocycles. The van der Waals surface area contributed by atoms with Crippen molar-refractivity contribution in [3.63, 3.8) is 0 Å². The van der Waals surface area contributed by atoms with E-state index in [0.717, 1.165) is 45.2 Å². The third-order valence-corrected chi connectivity index (χ3v) is 11.7. The van der Waals surface area contributed by atoms with Crippen molar-refractivity contribution in [2.75, 3.05) is 0 Å². The standard InChI is InChI=1S/C49H32N4S/c1-2-12-31(13-3-1)47-50-48(52-49(51-47)37-24-25-41-40-21-7-9-23-45(40)54-46(41)30-37)36-18-10-16-32(26-36)33-17-11-19-38(27-33)53-43-22-8-6-20-39(43)42-28-34-14-4-5-15-35(34)29-44(42)53/h1-30,49H,(H,50,51,52). The summed E-state index contributed by atoms with van der Waals surface area (Å²) in [6, 6.07) is 65.2. The van der Waals surface area contributed by atoms with E-state index in [2.05, 4.69) is 174 Å². The molecule has 0 aliphatic carbocycles. The molecule has 0 saturated heterocycles. The van der Waals surface area contributed by atoms with Gasteiger partial charge in [-0.1, -0.05) is 133 Å². The van der Waals surface area contributed by atoms with Gasteiger partial charge in [-0.15, -0.1) is 11.3 Å². The van der Waals surface area contributed by atoms with E-state index in [9.17, 15) is 0 Å². The Hall–Kier alpha value is -6.82. The van der Waals surface area contributed by atoms with E-state index in [1.807, 2.05) is 29.5 Å². The number of rotatable bonds is 5. The lowest BCUT2D eigenvalue weighted by atomic mass is 10.0. The molecule has 2 aromatic heterocycles. The topological polar surface area (TPSA) is 41.7 Å². The fourth-order valence-electron chi connectivity index (χ4n) is 8.00. The van der Waals surface area contributed by atoms with E-state index in [1.54, 1.807) is 0 Å². The van der Waals surface area contributed by atoms with E-state index in [-0.39, 0.29) is 6.17 Å². The molecule has 254 valence electrons. The first-order chi connectivity index (χ1) is 26.7. The van der Waals surface area contributed by atoms with Crippen LogP contribution in [0.3, 0.4) is 0 Å². The minimum absolute atomic E-state index is 0.291. The van der Waals surface area contributed by atoms with Crippen molar-refractivity contribution >= 4 is 75.8 Å². The van der Waals surface area contributed by atoms with Gasteiger partial charge in [0.2, 0.25) is 0 Å². The summed E-state index contributed by atoms with van der Waals surface area (Å²) in [7, 11) is 0. The lowest BCUT2D eigenvalue weighted by molar-refractivity contribution is 0.675. The average Bonchev–Trinajstić information content (AvgIpc) is 3.78. The third kappa shape index (κ3) is 5.12. The van der Waals surface area contributed by atoms with Crippen LogP contribution in [0.25, 0.3) is 69.6 Å². The molecule has 0 fully saturated rings. The van der Waals surface area contributed by atoms with Gasteiger partial charge in [-0.3, -0.25) is 0 Å². The number of benzene rings is 8. The van der Waals surface area contributed by atoms with Crippen molar-refractivity contribution in [3.8, 4) is 16.8 Å². The van der Waals surface area contributed by atoms with Crippen LogP contribution in [0.5, 0.6) is 0 Å². The largest absolute Gasteiger partial charge is 0.344 e. The highest BCUT2D eigenvalue weighted by Gasteiger charge is 2.22. The second kappa shape index (κ2) is 12.4. The second-order valence-electron chi connectivity index (χ2n) is 13.9. The number of hydrogen-bond donors (Lipinski definition) is 1. The molecule has 1 unspecified atom stereocenters. The first-order valence-electron chi connectivity index (χ1n) is 18.3. The maximum atomic E-state index is 5.17. The zero-order valence-corrected chi connectivity index (χ0v) is 30.0. The minimum atomic E-state index is -0.291. The quantitative estimate of drug-likeness (QED) is 0.190. The van der Waals surface area contributed by atoms with Crippen LogP contribution in [0.1, 0.15) is 22.9 Å². The summed E-state index contributed by atoms with van der Waals surface area (Å²) in [5.74, 6) is 1.52. The lowest BCUT2D eigenvalue weighted by Crippen LogP contribution is -2.33. The molecule has 54 heavy (non-hydrogen) atoms. The van der Waals surface area contributed by atoms with Crippen molar-refractivity contribution < 1.29 is 0 Å². The average molecular weight is 709 g/mol. The Kier molecular flexibility index (Phi) is 7.07. The highest BCUT2D eigenvalue weighted by molar-refractivity contribution is 7.25. The molecule has 0 spiro atoms. The SMILES string of the molecule is c1ccc(C2=NC(c3ccc4c(c3)sc3ccccc34)NC(c3cccc(-c4cccc(-n5c6ccccc6c6cc7ccccc7cc65)c4)c3)=N2)cc1. The predicted molar refractivity (Wildman–Crippen MR) is 228 cm³/mol. The van der Waals surface area contributed by atoms with Gasteiger partial charge in [-0.05, 0) is 76.0 Å². The number of nitrogens with one attached hydrogen (secondary N) is 1. The molecule has 1 atom stereocenters. The first kappa shape index (κ1) is 30.8. The Morgan fingerprint density at radius 1 is 0.463 bits per heavy atom. The molecule has 1 N–H and O–H groups in total. The number of thiophene rings is 1. The lowest BCUT2D eigenvalue weighted by Gasteiger charge is -2.24. The number of amidine groups is 2. The van der Waals surface area contributed by atoms with Crippen LogP contribution in [-0.4, -0.2) is 16.2 Å². The van der Waals surface area contributed by atoms with E-state index in [4.69, 9.17) is 9.98 Å². The van der Waals surface area contributed by atoms with Crippen molar-refractivity contribution in [2.45, 2.75) is 6.17 Å². The molecular weight excluding hydrogens is 677 g/mol. The monoisotopic (exact) mass is 708 g/mol. The van der Waals surface area contributed by atoms with Crippen LogP contribution in [-0.2, 0) is 0 Å². The van der Waals surface area contributed by atoms with Gasteiger partial charge < -0.3 is 9.88 Å². The Morgan fingerprint density at radius 2 is 1.15 bits per heavy atom. The molecule has 4 nitrogen and oxygen atoms in total. The van der Waals surface area contributed by atoms with Crippen molar-refractivity contribution in [1.29, 1.82) is 0 Å². The van der Waals surface area contributed by atoms with Gasteiger partial charge in [-0.25, -0.2) is 9.98 Å². The van der Waals surface area contributed by atoms with Crippen LogP contribution in [0.4, 0.5) is 0 Å². The van der Waals surface area contributed by atoms with Crippen molar-refractivity contribution in [2.24, 2.45) is 9.98 Å². The highest BCUT2D eigenvalue weighted by atomic mass is 32.1. The maximum absolute atomic E-state index is 5.17. The number of aromatic nitrogens is 1. The molecule has 5 heteroatoms. The number of hydrogen-bond acceptors (Lipinski definition) is 4. The summed E-state index contributed by atoms with van der Waals surface area (Å²) in [5.41, 5.74) is 8.90. The molecule has 8 aromatic carbocycles. The molecule has 0 saturated carbocycles. The van der Waals surface area contributed by atoms with Crippen LogP contribution in [0.15, 0.2) is 192 Å². The van der Waals surface area contributed by atoms with Gasteiger partial charge >= 0.3 is 0 Å². The zero-order chi connectivity index (χ0) is 35.6. The molecule has 11 rings (SSSR count). The normalized spacial score (nSPS) is 14.5. The number of para-hydroxylation sites is 1. The molecule has 3 heterocycles. The van der Waals surface area contributed by atoms with E-state index in [1.165, 1.54) is 52.8 Å². The Morgan fingerprint density at radius 3 is 2.04 bits per heavy atom. The van der Waals surface area contributed by atoms with Crippen molar-refractivity contribution in [3.05, 3.63) is 199 Å². The van der Waals surface area contributed by atoms with Gasteiger partial charge in [0.05, 0.1) is 11.0 Å². The van der Waals surface area contributed by atoms with Crippen LogP contribution in [0, 0.1) is 0 Å². The zero-order valence-electron chi connectivity index (χ0n) is 29.1. The fraction of sp³-hybridized carbons (Fsp3) is 0.0204. The third-order valence-electron chi connectivity index (χ3n) is 10.6. The van der Waals surface area contributed by atoms with Crippen molar-refractivity contribution in [1.82, 2.24) is 9.88 Å². The predicted octanol–water partition coefficient (Wildman–Crippen LogP) is 12.5. The summed E-state index contributed by atoms with van der Waals surface area (Å²) in [6.07, 6.45) is -0.291. The molecule has 0 radical (unpaired) electrons. The Labute approximate surface area is 316 Å². The molecule has 1 aliphatic rings. The summed E-state index contributed by atoms with van der Waals surface area (Å²) in [5, 5.41) is 11.3. The van der Waals surface area contributed by atoms with Gasteiger partial charge in [0.15, 0.2) is 5.84 Å². The summed E-state index contributed by atoms with van der Waals surface area (Å²) < 4.78 is 4.96. The summed E-state index contributed by atoms with van der Waals surface area (Å²) in [4.78, 5) is 10.3. The van der Waals surface area contributed by atoms with Gasteiger partial charge in [0, 0.05) is 47.8 Å². The van der Waals surface area contributed by atoms with Crippen LogP contribution in [0.2, 0.25) is 0 Å². The molecular formula is C49H32N4S. The fourth-order valence-corrected chi connectivity index (χ4v) is 9.15.